The molecule has 5 heteroatoms. The monoisotopic (exact) mass is 290 g/mol. The van der Waals surface area contributed by atoms with Gasteiger partial charge >= 0.3 is 0 Å². The van der Waals surface area contributed by atoms with Gasteiger partial charge < -0.3 is 10.2 Å². The molecule has 20 heavy (non-hydrogen) atoms. The van der Waals surface area contributed by atoms with Gasteiger partial charge in [-0.15, -0.1) is 6.42 Å². The van der Waals surface area contributed by atoms with E-state index in [1.807, 2.05) is 12.1 Å². The van der Waals surface area contributed by atoms with E-state index < -0.39 is 0 Å². The second-order valence-corrected chi connectivity index (χ2v) is 5.16. The highest BCUT2D eigenvalue weighted by Crippen LogP contribution is 2.21. The maximum absolute atomic E-state index is 11.9. The fourth-order valence-electron chi connectivity index (χ4n) is 2.19. The standard InChI is InChI=1S/C15H15ClN2O2/c1-2-7-17-15(20)12-8-14(19)18(10-12)9-11-3-5-13(16)6-4-11/h1,3-6,12H,7-10H2,(H,17,20). The Hall–Kier alpha value is -1.99. The van der Waals surface area contributed by atoms with Crippen molar-refractivity contribution in [2.45, 2.75) is 13.0 Å². The number of amides is 2. The highest BCUT2D eigenvalue weighted by atomic mass is 35.5. The molecule has 0 spiro atoms. The van der Waals surface area contributed by atoms with Gasteiger partial charge in [-0.2, -0.15) is 0 Å². The largest absolute Gasteiger partial charge is 0.345 e. The first-order chi connectivity index (χ1) is 9.60. The van der Waals surface area contributed by atoms with Gasteiger partial charge in [-0.25, -0.2) is 0 Å². The molecule has 1 atom stereocenters. The summed E-state index contributed by atoms with van der Waals surface area (Å²) in [7, 11) is 0. The van der Waals surface area contributed by atoms with Crippen LogP contribution in [-0.2, 0) is 16.1 Å². The van der Waals surface area contributed by atoms with Crippen molar-refractivity contribution in [2.75, 3.05) is 13.1 Å². The first kappa shape index (κ1) is 14.4. The van der Waals surface area contributed by atoms with Gasteiger partial charge in [0.15, 0.2) is 0 Å². The summed E-state index contributed by atoms with van der Waals surface area (Å²) < 4.78 is 0. The number of carbonyl (C=O) groups is 2. The van der Waals surface area contributed by atoms with E-state index in [1.165, 1.54) is 0 Å². The van der Waals surface area contributed by atoms with Crippen LogP contribution in [0.3, 0.4) is 0 Å². The SMILES string of the molecule is C#CCNC(=O)C1CC(=O)N(Cc2ccc(Cl)cc2)C1. The van der Waals surface area contributed by atoms with E-state index >= 15 is 0 Å². The number of hydrogen-bond acceptors (Lipinski definition) is 2. The Labute approximate surface area is 123 Å². The lowest BCUT2D eigenvalue weighted by Crippen LogP contribution is -2.33. The number of hydrogen-bond donors (Lipinski definition) is 1. The van der Waals surface area contributed by atoms with E-state index in [9.17, 15) is 9.59 Å². The highest BCUT2D eigenvalue weighted by molar-refractivity contribution is 6.30. The molecule has 1 N–H and O–H groups in total. The molecule has 0 aliphatic carbocycles. The van der Waals surface area contributed by atoms with Crippen LogP contribution in [0.2, 0.25) is 5.02 Å². The second kappa shape index (κ2) is 6.44. The molecule has 2 amide bonds. The molecule has 1 heterocycles. The van der Waals surface area contributed by atoms with Crippen molar-refractivity contribution >= 4 is 23.4 Å². The Bertz CT molecular complexity index is 548. The predicted octanol–water partition coefficient (Wildman–Crippen LogP) is 1.44. The smallest absolute Gasteiger partial charge is 0.226 e. The zero-order chi connectivity index (χ0) is 14.5. The summed E-state index contributed by atoms with van der Waals surface area (Å²) in [5.41, 5.74) is 0.993. The van der Waals surface area contributed by atoms with E-state index in [0.717, 1.165) is 5.56 Å². The van der Waals surface area contributed by atoms with Crippen LogP contribution in [-0.4, -0.2) is 29.8 Å². The topological polar surface area (TPSA) is 49.4 Å². The number of nitrogens with zero attached hydrogens (tertiary/aromatic N) is 1. The van der Waals surface area contributed by atoms with Gasteiger partial charge in [-0.05, 0) is 17.7 Å². The van der Waals surface area contributed by atoms with Gasteiger partial charge in [0, 0.05) is 24.5 Å². The lowest BCUT2D eigenvalue weighted by Gasteiger charge is -2.16. The average Bonchev–Trinajstić information content (AvgIpc) is 2.80. The Kier molecular flexibility index (Phi) is 4.65. The van der Waals surface area contributed by atoms with Gasteiger partial charge in [-0.3, -0.25) is 9.59 Å². The number of rotatable bonds is 4. The van der Waals surface area contributed by atoms with Crippen LogP contribution in [0.25, 0.3) is 0 Å². The molecular weight excluding hydrogens is 276 g/mol. The minimum absolute atomic E-state index is 0.0131. The summed E-state index contributed by atoms with van der Waals surface area (Å²) in [5, 5.41) is 3.28. The first-order valence-electron chi connectivity index (χ1n) is 6.33. The molecule has 1 aromatic carbocycles. The molecule has 1 unspecified atom stereocenters. The quantitative estimate of drug-likeness (QED) is 0.853. The van der Waals surface area contributed by atoms with Gasteiger partial charge in [0.25, 0.3) is 0 Å². The summed E-state index contributed by atoms with van der Waals surface area (Å²) in [4.78, 5) is 25.4. The third-order valence-electron chi connectivity index (χ3n) is 3.24. The molecule has 0 saturated carbocycles. The van der Waals surface area contributed by atoms with Crippen molar-refractivity contribution in [3.8, 4) is 12.3 Å². The van der Waals surface area contributed by atoms with E-state index in [1.54, 1.807) is 17.0 Å². The second-order valence-electron chi connectivity index (χ2n) is 4.72. The van der Waals surface area contributed by atoms with E-state index in [4.69, 9.17) is 18.0 Å². The number of nitrogens with one attached hydrogen (secondary N) is 1. The van der Waals surface area contributed by atoms with Crippen molar-refractivity contribution in [3.05, 3.63) is 34.9 Å². The van der Waals surface area contributed by atoms with Crippen LogP contribution in [0.5, 0.6) is 0 Å². The maximum atomic E-state index is 11.9. The van der Waals surface area contributed by atoms with E-state index in [-0.39, 0.29) is 30.7 Å². The zero-order valence-corrected chi connectivity index (χ0v) is 11.7. The third-order valence-corrected chi connectivity index (χ3v) is 3.49. The maximum Gasteiger partial charge on any atom is 0.226 e. The van der Waals surface area contributed by atoms with Crippen LogP contribution in [0.4, 0.5) is 0 Å². The van der Waals surface area contributed by atoms with Crippen molar-refractivity contribution in [3.63, 3.8) is 0 Å². The normalized spacial score (nSPS) is 17.9. The van der Waals surface area contributed by atoms with Crippen LogP contribution >= 0.6 is 11.6 Å². The Morgan fingerprint density at radius 2 is 2.15 bits per heavy atom. The summed E-state index contributed by atoms with van der Waals surface area (Å²) in [6, 6.07) is 7.33. The summed E-state index contributed by atoms with van der Waals surface area (Å²) in [6.07, 6.45) is 5.33. The van der Waals surface area contributed by atoms with Crippen LogP contribution < -0.4 is 5.32 Å². The molecule has 1 saturated heterocycles. The minimum Gasteiger partial charge on any atom is -0.345 e. The summed E-state index contributed by atoms with van der Waals surface area (Å²) in [5.74, 6) is 1.86. The lowest BCUT2D eigenvalue weighted by atomic mass is 10.1. The van der Waals surface area contributed by atoms with Crippen molar-refractivity contribution in [2.24, 2.45) is 5.92 Å². The van der Waals surface area contributed by atoms with Gasteiger partial charge in [0.2, 0.25) is 11.8 Å². The van der Waals surface area contributed by atoms with Crippen molar-refractivity contribution in [1.29, 1.82) is 0 Å². The first-order valence-corrected chi connectivity index (χ1v) is 6.71. The molecule has 2 rings (SSSR count). The average molecular weight is 291 g/mol. The molecular formula is C15H15ClN2O2. The van der Waals surface area contributed by atoms with Crippen LogP contribution in [0.1, 0.15) is 12.0 Å². The predicted molar refractivity (Wildman–Crippen MR) is 76.8 cm³/mol. The van der Waals surface area contributed by atoms with E-state index in [2.05, 4.69) is 11.2 Å². The Balaban J connectivity index is 1.94. The fraction of sp³-hybridized carbons (Fsp3) is 0.333. The molecule has 104 valence electrons. The fourth-order valence-corrected chi connectivity index (χ4v) is 2.32. The molecule has 1 aromatic rings. The number of carbonyl (C=O) groups excluding carboxylic acids is 2. The molecule has 1 aliphatic heterocycles. The molecule has 1 fully saturated rings. The number of terminal acetylenes is 1. The van der Waals surface area contributed by atoms with Gasteiger partial charge in [-0.1, -0.05) is 29.7 Å². The molecule has 0 radical (unpaired) electrons. The summed E-state index contributed by atoms with van der Waals surface area (Å²) in [6.45, 7) is 1.12. The van der Waals surface area contributed by atoms with Crippen LogP contribution in [0, 0.1) is 18.3 Å². The Morgan fingerprint density at radius 3 is 2.80 bits per heavy atom. The lowest BCUT2D eigenvalue weighted by molar-refractivity contribution is -0.129. The number of benzene rings is 1. The van der Waals surface area contributed by atoms with E-state index in [0.29, 0.717) is 18.1 Å². The van der Waals surface area contributed by atoms with Crippen LogP contribution in [0.15, 0.2) is 24.3 Å². The highest BCUT2D eigenvalue weighted by Gasteiger charge is 2.33. The minimum atomic E-state index is -0.317. The third kappa shape index (κ3) is 3.52. The molecule has 0 bridgehead atoms. The Morgan fingerprint density at radius 1 is 1.45 bits per heavy atom. The van der Waals surface area contributed by atoms with Gasteiger partial charge in [0.1, 0.15) is 0 Å². The number of likely N-dealkylation sites (tertiary alicyclic amines) is 1. The zero-order valence-electron chi connectivity index (χ0n) is 10.9. The summed E-state index contributed by atoms with van der Waals surface area (Å²) >= 11 is 5.82. The number of halogens is 1. The van der Waals surface area contributed by atoms with Crippen molar-refractivity contribution < 1.29 is 9.59 Å². The van der Waals surface area contributed by atoms with Gasteiger partial charge in [0.05, 0.1) is 12.5 Å². The van der Waals surface area contributed by atoms with Crippen molar-refractivity contribution in [1.82, 2.24) is 10.2 Å². The molecule has 4 nitrogen and oxygen atoms in total. The molecule has 1 aliphatic rings. The molecule has 0 aromatic heterocycles.